The van der Waals surface area contributed by atoms with E-state index in [1.165, 1.54) is 13.0 Å². The monoisotopic (exact) mass is 438 g/mol. The third-order valence-corrected chi connectivity index (χ3v) is 5.61. The molecule has 1 saturated heterocycles. The maximum absolute atomic E-state index is 13.4. The SMILES string of the molecule is Cc1cc2nc(C(F)(F)F)c(=O)n([C@H](C)C(=O)NCCCN3CCCC3=O)c2cc1C. The van der Waals surface area contributed by atoms with Crippen molar-refractivity contribution in [2.45, 2.75) is 52.3 Å². The lowest BCUT2D eigenvalue weighted by atomic mass is 10.1. The summed E-state index contributed by atoms with van der Waals surface area (Å²) in [5, 5.41) is 2.66. The second-order valence-corrected chi connectivity index (χ2v) is 7.86. The molecule has 1 aromatic heterocycles. The Kier molecular flexibility index (Phi) is 6.38. The molecule has 0 unspecified atom stereocenters. The van der Waals surface area contributed by atoms with E-state index in [0.717, 1.165) is 22.1 Å². The van der Waals surface area contributed by atoms with Crippen LogP contribution in [0.4, 0.5) is 13.2 Å². The van der Waals surface area contributed by atoms with Crippen LogP contribution in [0.5, 0.6) is 0 Å². The molecule has 1 N–H and O–H groups in total. The van der Waals surface area contributed by atoms with Crippen molar-refractivity contribution in [3.8, 4) is 0 Å². The van der Waals surface area contributed by atoms with E-state index in [-0.39, 0.29) is 23.5 Å². The molecule has 2 heterocycles. The normalized spacial score (nSPS) is 15.5. The summed E-state index contributed by atoms with van der Waals surface area (Å²) in [6.45, 7) is 6.33. The van der Waals surface area contributed by atoms with Gasteiger partial charge in [-0.25, -0.2) is 4.98 Å². The van der Waals surface area contributed by atoms with Crippen molar-refractivity contribution in [3.05, 3.63) is 39.3 Å². The van der Waals surface area contributed by atoms with E-state index in [0.29, 0.717) is 25.9 Å². The number of aromatic nitrogens is 2. The number of carbonyl (C=O) groups is 2. The first kappa shape index (κ1) is 22.8. The van der Waals surface area contributed by atoms with E-state index in [1.54, 1.807) is 24.8 Å². The standard InChI is InChI=1S/C21H25F3N4O3/c1-12-10-15-16(11-13(12)2)28(20(31)18(26-15)21(22,23)24)14(3)19(30)25-7-5-9-27-8-4-6-17(27)29/h10-11,14H,4-9H2,1-3H3,(H,25,30)/t14-/m1/s1. The van der Waals surface area contributed by atoms with Crippen LogP contribution < -0.4 is 10.9 Å². The number of nitrogens with zero attached hydrogens (tertiary/aromatic N) is 3. The lowest BCUT2D eigenvalue weighted by Crippen LogP contribution is -2.40. The quantitative estimate of drug-likeness (QED) is 0.703. The highest BCUT2D eigenvalue weighted by Gasteiger charge is 2.38. The average molecular weight is 438 g/mol. The highest BCUT2D eigenvalue weighted by Crippen LogP contribution is 2.28. The highest BCUT2D eigenvalue weighted by molar-refractivity contribution is 5.84. The fourth-order valence-electron chi connectivity index (χ4n) is 3.72. The van der Waals surface area contributed by atoms with Gasteiger partial charge in [-0.2, -0.15) is 13.2 Å². The van der Waals surface area contributed by atoms with E-state index in [2.05, 4.69) is 10.3 Å². The van der Waals surface area contributed by atoms with E-state index >= 15 is 0 Å². The number of likely N-dealkylation sites (tertiary alicyclic amines) is 1. The largest absolute Gasteiger partial charge is 0.438 e. The van der Waals surface area contributed by atoms with Crippen LogP contribution in [0.3, 0.4) is 0 Å². The molecule has 1 fully saturated rings. The van der Waals surface area contributed by atoms with E-state index < -0.39 is 29.4 Å². The molecule has 1 aliphatic rings. The molecule has 1 aliphatic heterocycles. The van der Waals surface area contributed by atoms with Gasteiger partial charge in [0.15, 0.2) is 0 Å². The molecule has 10 heteroatoms. The van der Waals surface area contributed by atoms with Crippen molar-refractivity contribution in [1.82, 2.24) is 19.8 Å². The zero-order valence-electron chi connectivity index (χ0n) is 17.7. The van der Waals surface area contributed by atoms with Crippen LogP contribution >= 0.6 is 0 Å². The number of nitrogens with one attached hydrogen (secondary N) is 1. The molecule has 168 valence electrons. The van der Waals surface area contributed by atoms with Crippen LogP contribution in [-0.4, -0.2) is 45.9 Å². The van der Waals surface area contributed by atoms with Gasteiger partial charge >= 0.3 is 6.18 Å². The van der Waals surface area contributed by atoms with E-state index in [4.69, 9.17) is 0 Å². The topological polar surface area (TPSA) is 84.3 Å². The summed E-state index contributed by atoms with van der Waals surface area (Å²) >= 11 is 0. The molecular formula is C21H25F3N4O3. The number of carbonyl (C=O) groups excluding carboxylic acids is 2. The summed E-state index contributed by atoms with van der Waals surface area (Å²) in [5.74, 6) is -0.492. The van der Waals surface area contributed by atoms with Crippen LogP contribution in [0, 0.1) is 13.8 Å². The Morgan fingerprint density at radius 2 is 1.90 bits per heavy atom. The minimum atomic E-state index is -4.94. The predicted octanol–water partition coefficient (Wildman–Crippen LogP) is 2.72. The van der Waals surface area contributed by atoms with Crippen molar-refractivity contribution in [3.63, 3.8) is 0 Å². The Morgan fingerprint density at radius 3 is 2.52 bits per heavy atom. The number of hydrogen-bond donors (Lipinski definition) is 1. The van der Waals surface area contributed by atoms with Gasteiger partial charge in [-0.3, -0.25) is 19.0 Å². The third kappa shape index (κ3) is 4.72. The van der Waals surface area contributed by atoms with Gasteiger partial charge in [-0.1, -0.05) is 0 Å². The second kappa shape index (κ2) is 8.68. The summed E-state index contributed by atoms with van der Waals surface area (Å²) in [5.41, 5.74) is -1.23. The Morgan fingerprint density at radius 1 is 1.23 bits per heavy atom. The zero-order chi connectivity index (χ0) is 22.9. The van der Waals surface area contributed by atoms with E-state index in [1.807, 2.05) is 0 Å². The molecule has 1 aromatic carbocycles. The van der Waals surface area contributed by atoms with Gasteiger partial charge in [0.25, 0.3) is 5.56 Å². The van der Waals surface area contributed by atoms with Crippen molar-refractivity contribution in [1.29, 1.82) is 0 Å². The van der Waals surface area contributed by atoms with Crippen LogP contribution in [-0.2, 0) is 15.8 Å². The predicted molar refractivity (Wildman–Crippen MR) is 109 cm³/mol. The van der Waals surface area contributed by atoms with Gasteiger partial charge in [-0.05, 0) is 56.9 Å². The first-order valence-electron chi connectivity index (χ1n) is 10.2. The van der Waals surface area contributed by atoms with Crippen LogP contribution in [0.15, 0.2) is 16.9 Å². The molecular weight excluding hydrogens is 413 g/mol. The van der Waals surface area contributed by atoms with Gasteiger partial charge < -0.3 is 10.2 Å². The molecule has 2 aromatic rings. The van der Waals surface area contributed by atoms with Crippen molar-refractivity contribution >= 4 is 22.8 Å². The van der Waals surface area contributed by atoms with Crippen molar-refractivity contribution in [2.24, 2.45) is 0 Å². The van der Waals surface area contributed by atoms with Gasteiger partial charge in [0, 0.05) is 26.1 Å². The van der Waals surface area contributed by atoms with Crippen LogP contribution in [0.25, 0.3) is 11.0 Å². The van der Waals surface area contributed by atoms with Gasteiger partial charge in [-0.15, -0.1) is 0 Å². The molecule has 0 radical (unpaired) electrons. The molecule has 2 amide bonds. The summed E-state index contributed by atoms with van der Waals surface area (Å²) in [7, 11) is 0. The van der Waals surface area contributed by atoms with Crippen molar-refractivity contribution in [2.75, 3.05) is 19.6 Å². The summed E-state index contributed by atoms with van der Waals surface area (Å²) in [6, 6.07) is 1.88. The molecule has 0 saturated carbocycles. The number of amides is 2. The summed E-state index contributed by atoms with van der Waals surface area (Å²) in [4.78, 5) is 42.2. The van der Waals surface area contributed by atoms with Crippen LogP contribution in [0.1, 0.15) is 49.0 Å². The molecule has 3 rings (SSSR count). The number of halogens is 3. The first-order valence-corrected chi connectivity index (χ1v) is 10.2. The first-order chi connectivity index (χ1) is 14.5. The Balaban J connectivity index is 1.86. The van der Waals surface area contributed by atoms with E-state index in [9.17, 15) is 27.6 Å². The average Bonchev–Trinajstić information content (AvgIpc) is 3.09. The zero-order valence-corrected chi connectivity index (χ0v) is 17.7. The summed E-state index contributed by atoms with van der Waals surface area (Å²) in [6.07, 6.45) is -3.07. The third-order valence-electron chi connectivity index (χ3n) is 5.61. The molecule has 0 aliphatic carbocycles. The molecule has 1 atom stereocenters. The lowest BCUT2D eigenvalue weighted by molar-refractivity contribution is -0.142. The summed E-state index contributed by atoms with van der Waals surface area (Å²) < 4.78 is 41.1. The molecule has 7 nitrogen and oxygen atoms in total. The Labute approximate surface area is 177 Å². The van der Waals surface area contributed by atoms with Crippen molar-refractivity contribution < 1.29 is 22.8 Å². The van der Waals surface area contributed by atoms with Crippen LogP contribution in [0.2, 0.25) is 0 Å². The number of benzene rings is 1. The fourth-order valence-corrected chi connectivity index (χ4v) is 3.72. The number of hydrogen-bond acceptors (Lipinski definition) is 4. The number of rotatable bonds is 6. The van der Waals surface area contributed by atoms with Gasteiger partial charge in [0.05, 0.1) is 11.0 Å². The van der Waals surface area contributed by atoms with Gasteiger partial charge in [0.2, 0.25) is 17.5 Å². The maximum atomic E-state index is 13.4. The smallest absolute Gasteiger partial charge is 0.354 e. The lowest BCUT2D eigenvalue weighted by Gasteiger charge is -2.20. The molecule has 31 heavy (non-hydrogen) atoms. The minimum Gasteiger partial charge on any atom is -0.354 e. The molecule has 0 spiro atoms. The maximum Gasteiger partial charge on any atom is 0.438 e. The number of fused-ring (bicyclic) bond motifs is 1. The fraction of sp³-hybridized carbons (Fsp3) is 0.524. The number of aryl methyl sites for hydroxylation is 2. The second-order valence-electron chi connectivity index (χ2n) is 7.86. The minimum absolute atomic E-state index is 0.00206. The Hall–Kier alpha value is -2.91. The highest BCUT2D eigenvalue weighted by atomic mass is 19.4. The molecule has 0 bridgehead atoms. The Bertz CT molecular complexity index is 1080. The van der Waals surface area contributed by atoms with Gasteiger partial charge in [0.1, 0.15) is 6.04 Å². The number of alkyl halides is 3.